The van der Waals surface area contributed by atoms with Gasteiger partial charge in [0.05, 0.1) is 6.07 Å². The minimum Gasteiger partial charge on any atom is -0.374 e. The first-order chi connectivity index (χ1) is 5.65. The van der Waals surface area contributed by atoms with Crippen LogP contribution in [0.2, 0.25) is 0 Å². The number of hydrogen-bond donors (Lipinski definition) is 1. The van der Waals surface area contributed by atoms with Gasteiger partial charge in [0.2, 0.25) is 0 Å². The number of rotatable bonds is 1. The van der Waals surface area contributed by atoms with Crippen LogP contribution in [-0.4, -0.2) is 5.11 Å². The van der Waals surface area contributed by atoms with E-state index in [1.807, 2.05) is 0 Å². The lowest BCUT2D eigenvalue weighted by atomic mass is 10.1. The van der Waals surface area contributed by atoms with E-state index in [1.54, 1.807) is 0 Å². The number of benzene rings is 1. The van der Waals surface area contributed by atoms with Gasteiger partial charge in [-0.3, -0.25) is 0 Å². The van der Waals surface area contributed by atoms with E-state index < -0.39 is 17.7 Å². The van der Waals surface area contributed by atoms with Crippen molar-refractivity contribution in [3.63, 3.8) is 0 Å². The summed E-state index contributed by atoms with van der Waals surface area (Å²) in [7, 11) is 0. The third-order valence-corrected chi connectivity index (χ3v) is 1.38. The topological polar surface area (TPSA) is 44.0 Å². The summed E-state index contributed by atoms with van der Waals surface area (Å²) >= 11 is 0. The van der Waals surface area contributed by atoms with Gasteiger partial charge in [-0.25, -0.2) is 8.78 Å². The zero-order valence-electron chi connectivity index (χ0n) is 5.96. The summed E-state index contributed by atoms with van der Waals surface area (Å²) in [5, 5.41) is 17.1. The summed E-state index contributed by atoms with van der Waals surface area (Å²) in [4.78, 5) is 0. The molecular weight excluding hydrogens is 164 g/mol. The lowest BCUT2D eigenvalue weighted by molar-refractivity contribution is 0.235. The Labute approximate surface area is 67.7 Å². The monoisotopic (exact) mass is 169 g/mol. The van der Waals surface area contributed by atoms with Crippen molar-refractivity contribution < 1.29 is 13.9 Å². The minimum atomic E-state index is -1.40. The maximum atomic E-state index is 12.5. The third-order valence-electron chi connectivity index (χ3n) is 1.38. The molecule has 0 heterocycles. The van der Waals surface area contributed by atoms with Crippen molar-refractivity contribution >= 4 is 0 Å². The standard InChI is InChI=1S/C8H5F2NO/c9-6-2-1-5(3-7(6)10)8(12)4-11/h1-3,8,12H/t8-/m0/s1. The fourth-order valence-electron chi connectivity index (χ4n) is 0.757. The second-order valence-electron chi connectivity index (χ2n) is 2.21. The number of nitrogens with zero attached hydrogens (tertiary/aromatic N) is 1. The van der Waals surface area contributed by atoms with Gasteiger partial charge in [0.25, 0.3) is 0 Å². The van der Waals surface area contributed by atoms with Crippen LogP contribution in [-0.2, 0) is 0 Å². The molecule has 0 saturated heterocycles. The van der Waals surface area contributed by atoms with Crippen LogP contribution in [0.4, 0.5) is 8.78 Å². The lowest BCUT2D eigenvalue weighted by Gasteiger charge is -2.01. The molecule has 0 unspecified atom stereocenters. The molecule has 2 nitrogen and oxygen atoms in total. The molecule has 0 aliphatic heterocycles. The van der Waals surface area contributed by atoms with Crippen LogP contribution < -0.4 is 0 Å². The zero-order valence-corrected chi connectivity index (χ0v) is 5.96. The summed E-state index contributed by atoms with van der Waals surface area (Å²) in [6.45, 7) is 0. The van der Waals surface area contributed by atoms with E-state index >= 15 is 0 Å². The minimum absolute atomic E-state index is 0.0522. The average molecular weight is 169 g/mol. The summed E-state index contributed by atoms with van der Waals surface area (Å²) in [5.41, 5.74) is 0.0522. The van der Waals surface area contributed by atoms with E-state index in [1.165, 1.54) is 6.07 Å². The predicted molar refractivity (Wildman–Crippen MR) is 36.9 cm³/mol. The predicted octanol–water partition coefficient (Wildman–Crippen LogP) is 1.52. The van der Waals surface area contributed by atoms with Crippen molar-refractivity contribution in [3.05, 3.63) is 35.4 Å². The van der Waals surface area contributed by atoms with Gasteiger partial charge in [-0.05, 0) is 17.7 Å². The molecule has 0 fully saturated rings. The highest BCUT2D eigenvalue weighted by atomic mass is 19.2. The fourth-order valence-corrected chi connectivity index (χ4v) is 0.757. The molecule has 4 heteroatoms. The first-order valence-corrected chi connectivity index (χ1v) is 3.18. The van der Waals surface area contributed by atoms with Crippen LogP contribution in [0.5, 0.6) is 0 Å². The quantitative estimate of drug-likeness (QED) is 0.647. The summed E-state index contributed by atoms with van der Waals surface area (Å²) in [5.74, 6) is -2.06. The van der Waals surface area contributed by atoms with Crippen LogP contribution >= 0.6 is 0 Å². The Kier molecular flexibility index (Phi) is 2.36. The first kappa shape index (κ1) is 8.62. The van der Waals surface area contributed by atoms with Crippen molar-refractivity contribution in [2.24, 2.45) is 0 Å². The van der Waals surface area contributed by atoms with Crippen molar-refractivity contribution in [2.45, 2.75) is 6.10 Å². The van der Waals surface area contributed by atoms with E-state index in [9.17, 15) is 8.78 Å². The molecule has 1 aromatic carbocycles. The van der Waals surface area contributed by atoms with Crippen molar-refractivity contribution in [3.8, 4) is 6.07 Å². The number of aliphatic hydroxyl groups is 1. The van der Waals surface area contributed by atoms with Gasteiger partial charge < -0.3 is 5.11 Å². The highest BCUT2D eigenvalue weighted by Crippen LogP contribution is 2.14. The largest absolute Gasteiger partial charge is 0.374 e. The van der Waals surface area contributed by atoms with E-state index in [-0.39, 0.29) is 5.56 Å². The molecule has 12 heavy (non-hydrogen) atoms. The maximum Gasteiger partial charge on any atom is 0.166 e. The first-order valence-electron chi connectivity index (χ1n) is 3.18. The maximum absolute atomic E-state index is 12.5. The molecule has 0 aromatic heterocycles. The van der Waals surface area contributed by atoms with E-state index in [0.29, 0.717) is 0 Å². The van der Waals surface area contributed by atoms with Crippen LogP contribution in [0.1, 0.15) is 11.7 Å². The number of aliphatic hydroxyl groups excluding tert-OH is 1. The van der Waals surface area contributed by atoms with Gasteiger partial charge in [-0.15, -0.1) is 0 Å². The van der Waals surface area contributed by atoms with Crippen molar-refractivity contribution in [1.29, 1.82) is 5.26 Å². The molecule has 0 radical (unpaired) electrons. The van der Waals surface area contributed by atoms with Gasteiger partial charge in [0, 0.05) is 0 Å². The zero-order chi connectivity index (χ0) is 9.14. The Bertz CT molecular complexity index is 332. The third kappa shape index (κ3) is 1.57. The number of nitriles is 1. The Hall–Kier alpha value is -1.47. The van der Waals surface area contributed by atoms with Gasteiger partial charge in [0.15, 0.2) is 17.7 Å². The SMILES string of the molecule is N#C[C@H](O)c1ccc(F)c(F)c1. The van der Waals surface area contributed by atoms with Crippen molar-refractivity contribution in [1.82, 2.24) is 0 Å². The molecule has 1 atom stereocenters. The smallest absolute Gasteiger partial charge is 0.166 e. The summed E-state index contributed by atoms with van der Waals surface area (Å²) < 4.78 is 24.8. The second kappa shape index (κ2) is 3.28. The van der Waals surface area contributed by atoms with Crippen LogP contribution in [0.15, 0.2) is 18.2 Å². The van der Waals surface area contributed by atoms with Crippen LogP contribution in [0, 0.1) is 23.0 Å². The molecule has 0 aliphatic carbocycles. The van der Waals surface area contributed by atoms with Gasteiger partial charge in [-0.1, -0.05) is 6.07 Å². The Morgan fingerprint density at radius 2 is 2.00 bits per heavy atom. The Morgan fingerprint density at radius 1 is 1.33 bits per heavy atom. The van der Waals surface area contributed by atoms with Gasteiger partial charge >= 0.3 is 0 Å². The van der Waals surface area contributed by atoms with Crippen LogP contribution in [0.3, 0.4) is 0 Å². The molecule has 0 bridgehead atoms. The highest BCUT2D eigenvalue weighted by molar-refractivity contribution is 5.23. The molecule has 0 aliphatic rings. The van der Waals surface area contributed by atoms with Crippen molar-refractivity contribution in [2.75, 3.05) is 0 Å². The number of halogens is 2. The molecule has 0 saturated carbocycles. The summed E-state index contributed by atoms with van der Waals surface area (Å²) in [6, 6.07) is 4.31. The van der Waals surface area contributed by atoms with E-state index in [2.05, 4.69) is 0 Å². The molecule has 62 valence electrons. The molecular formula is C8H5F2NO. The van der Waals surface area contributed by atoms with Crippen LogP contribution in [0.25, 0.3) is 0 Å². The fraction of sp³-hybridized carbons (Fsp3) is 0.125. The highest BCUT2D eigenvalue weighted by Gasteiger charge is 2.08. The van der Waals surface area contributed by atoms with E-state index in [0.717, 1.165) is 18.2 Å². The van der Waals surface area contributed by atoms with Gasteiger partial charge in [0.1, 0.15) is 0 Å². The summed E-state index contributed by atoms with van der Waals surface area (Å²) in [6.07, 6.45) is -1.40. The Morgan fingerprint density at radius 3 is 2.50 bits per heavy atom. The number of hydrogen-bond acceptors (Lipinski definition) is 2. The average Bonchev–Trinajstić information content (AvgIpc) is 2.08. The molecule has 1 aromatic rings. The molecule has 1 rings (SSSR count). The normalized spacial score (nSPS) is 12.2. The van der Waals surface area contributed by atoms with E-state index in [4.69, 9.17) is 10.4 Å². The second-order valence-corrected chi connectivity index (χ2v) is 2.21. The van der Waals surface area contributed by atoms with Gasteiger partial charge in [-0.2, -0.15) is 5.26 Å². The molecule has 0 amide bonds. The lowest BCUT2D eigenvalue weighted by Crippen LogP contribution is -1.95. The molecule has 0 spiro atoms. The molecule has 1 N–H and O–H groups in total. The Balaban J connectivity index is 3.06.